The lowest BCUT2D eigenvalue weighted by molar-refractivity contribution is 0.0487. The minimum Gasteiger partial charge on any atom is -0.390 e. The van der Waals surface area contributed by atoms with Crippen molar-refractivity contribution in [3.63, 3.8) is 0 Å². The SMILES string of the molecule is C=CC=NC(=C)CSCC(O)COCCCS(OC)(OC)OC. The molecule has 0 heterocycles. The van der Waals surface area contributed by atoms with Crippen LogP contribution < -0.4 is 0 Å². The minimum absolute atomic E-state index is 0.296. The van der Waals surface area contributed by atoms with Crippen LogP contribution in [-0.4, -0.2) is 69.2 Å². The van der Waals surface area contributed by atoms with E-state index >= 15 is 0 Å². The van der Waals surface area contributed by atoms with Gasteiger partial charge in [-0.15, -0.1) is 0 Å². The molecule has 1 N–H and O–H groups in total. The second-order valence-corrected chi connectivity index (χ2v) is 7.99. The van der Waals surface area contributed by atoms with Gasteiger partial charge in [0.2, 0.25) is 0 Å². The fourth-order valence-corrected chi connectivity index (χ4v) is 3.74. The Morgan fingerprint density at radius 3 is 2.52 bits per heavy atom. The summed E-state index contributed by atoms with van der Waals surface area (Å²) in [7, 11) is 2.78. The van der Waals surface area contributed by atoms with Gasteiger partial charge in [-0.05, 0) is 6.42 Å². The molecule has 0 aliphatic carbocycles. The molecule has 1 atom stereocenters. The molecule has 0 aromatic heterocycles. The highest BCUT2D eigenvalue weighted by molar-refractivity contribution is 8.21. The Balaban J connectivity index is 3.71. The number of aliphatic hydroxyl groups excluding tert-OH is 1. The molecule has 8 heteroatoms. The van der Waals surface area contributed by atoms with E-state index in [4.69, 9.17) is 17.3 Å². The van der Waals surface area contributed by atoms with Crippen molar-refractivity contribution in [2.45, 2.75) is 12.5 Å². The first kappa shape index (κ1) is 22.6. The number of thioether (sulfide) groups is 1. The van der Waals surface area contributed by atoms with Crippen molar-refractivity contribution in [2.75, 3.05) is 51.8 Å². The highest BCUT2D eigenvalue weighted by Crippen LogP contribution is 2.49. The molecule has 0 bridgehead atoms. The Kier molecular flexibility index (Phi) is 13.8. The van der Waals surface area contributed by atoms with E-state index < -0.39 is 17.0 Å². The van der Waals surface area contributed by atoms with Crippen LogP contribution in [0.25, 0.3) is 0 Å². The van der Waals surface area contributed by atoms with E-state index in [-0.39, 0.29) is 0 Å². The van der Waals surface area contributed by atoms with E-state index in [2.05, 4.69) is 18.2 Å². The number of rotatable bonds is 15. The number of hydrogen-bond acceptors (Lipinski definition) is 7. The maximum atomic E-state index is 9.84. The fraction of sp³-hybridized carbons (Fsp3) is 0.667. The Hall–Kier alpha value is -0.350. The van der Waals surface area contributed by atoms with Crippen LogP contribution in [0, 0.1) is 0 Å². The number of allylic oxidation sites excluding steroid dienone is 1. The van der Waals surface area contributed by atoms with Gasteiger partial charge in [0.25, 0.3) is 0 Å². The monoisotopic (exact) mass is 367 g/mol. The number of hydrogen-bond donors (Lipinski definition) is 1. The van der Waals surface area contributed by atoms with Crippen LogP contribution in [0.1, 0.15) is 6.42 Å². The van der Waals surface area contributed by atoms with E-state index in [0.29, 0.717) is 30.5 Å². The van der Waals surface area contributed by atoms with Crippen LogP contribution >= 0.6 is 22.6 Å². The molecule has 0 aromatic rings. The third-order valence-electron chi connectivity index (χ3n) is 2.70. The number of ether oxygens (including phenoxy) is 1. The maximum Gasteiger partial charge on any atom is 0.0880 e. The molecule has 0 rings (SSSR count). The molecule has 0 aliphatic heterocycles. The second-order valence-electron chi connectivity index (χ2n) is 4.44. The Labute approximate surface area is 145 Å². The molecule has 136 valence electrons. The highest BCUT2D eigenvalue weighted by Gasteiger charge is 2.22. The van der Waals surface area contributed by atoms with Crippen molar-refractivity contribution in [3.8, 4) is 0 Å². The quantitative estimate of drug-likeness (QED) is 0.354. The average Bonchev–Trinajstić information content (AvgIpc) is 2.57. The van der Waals surface area contributed by atoms with Crippen molar-refractivity contribution in [2.24, 2.45) is 4.99 Å². The Bertz CT molecular complexity index is 354. The van der Waals surface area contributed by atoms with Gasteiger partial charge in [-0.25, -0.2) is 0 Å². The Morgan fingerprint density at radius 2 is 1.96 bits per heavy atom. The van der Waals surface area contributed by atoms with Gasteiger partial charge in [0, 0.05) is 35.8 Å². The fourth-order valence-electron chi connectivity index (χ4n) is 1.57. The van der Waals surface area contributed by atoms with Crippen molar-refractivity contribution in [3.05, 3.63) is 24.9 Å². The molecule has 0 spiro atoms. The molecule has 1 unspecified atom stereocenters. The maximum absolute atomic E-state index is 9.84. The molecule has 0 saturated heterocycles. The first-order chi connectivity index (χ1) is 11.0. The van der Waals surface area contributed by atoms with E-state index in [0.717, 1.165) is 12.1 Å². The zero-order valence-electron chi connectivity index (χ0n) is 14.2. The van der Waals surface area contributed by atoms with Gasteiger partial charge in [-0.1, -0.05) is 19.2 Å². The van der Waals surface area contributed by atoms with Gasteiger partial charge in [0.1, 0.15) is 0 Å². The average molecular weight is 368 g/mol. The lowest BCUT2D eigenvalue weighted by Crippen LogP contribution is -2.19. The molecule has 0 aliphatic rings. The standard InChI is InChI=1S/C15H29NO5S2/c1-6-8-16-14(2)12-22-13-15(17)11-21-9-7-10-23(18-3,19-4)20-5/h6,8,15,17H,1-2,7,9-13H2,3-5H3. The van der Waals surface area contributed by atoms with Crippen LogP contribution in [0.4, 0.5) is 0 Å². The summed E-state index contributed by atoms with van der Waals surface area (Å²) in [4.78, 5) is 4.07. The molecular formula is C15H29NO5S2. The molecule has 0 radical (unpaired) electrons. The predicted octanol–water partition coefficient (Wildman–Crippen LogP) is 2.75. The summed E-state index contributed by atoms with van der Waals surface area (Å²) < 4.78 is 21.3. The summed E-state index contributed by atoms with van der Waals surface area (Å²) in [5, 5.41) is 9.84. The van der Waals surface area contributed by atoms with Gasteiger partial charge < -0.3 is 9.84 Å². The van der Waals surface area contributed by atoms with Crippen molar-refractivity contribution < 1.29 is 22.4 Å². The zero-order valence-corrected chi connectivity index (χ0v) is 15.9. The van der Waals surface area contributed by atoms with Crippen molar-refractivity contribution in [1.82, 2.24) is 0 Å². The summed E-state index contributed by atoms with van der Waals surface area (Å²) in [5.74, 6) is 1.87. The summed E-state index contributed by atoms with van der Waals surface area (Å²) in [6, 6.07) is 0. The minimum atomic E-state index is -1.92. The van der Waals surface area contributed by atoms with Crippen LogP contribution in [0.5, 0.6) is 0 Å². The number of aliphatic imine (C=N–C) groups is 1. The molecule has 0 fully saturated rings. The molecule has 6 nitrogen and oxygen atoms in total. The van der Waals surface area contributed by atoms with E-state index in [1.165, 1.54) is 0 Å². The van der Waals surface area contributed by atoms with Crippen molar-refractivity contribution >= 4 is 28.8 Å². The molecule has 23 heavy (non-hydrogen) atoms. The van der Waals surface area contributed by atoms with Crippen molar-refractivity contribution in [1.29, 1.82) is 0 Å². The Morgan fingerprint density at radius 1 is 1.30 bits per heavy atom. The van der Waals surface area contributed by atoms with Gasteiger partial charge in [-0.2, -0.15) is 11.8 Å². The van der Waals surface area contributed by atoms with E-state index in [9.17, 15) is 5.11 Å². The lowest BCUT2D eigenvalue weighted by Gasteiger charge is -2.33. The largest absolute Gasteiger partial charge is 0.390 e. The van der Waals surface area contributed by atoms with E-state index in [1.54, 1.807) is 45.4 Å². The first-order valence-electron chi connectivity index (χ1n) is 7.17. The summed E-state index contributed by atoms with van der Waals surface area (Å²) in [6.07, 6.45) is 3.43. The normalized spacial score (nSPS) is 14.1. The summed E-state index contributed by atoms with van der Waals surface area (Å²) in [5.41, 5.74) is 0.751. The topological polar surface area (TPSA) is 69.5 Å². The first-order valence-corrected chi connectivity index (χ1v) is 9.91. The molecular weight excluding hydrogens is 338 g/mol. The van der Waals surface area contributed by atoms with Gasteiger partial charge in [0.05, 0.1) is 44.9 Å². The van der Waals surface area contributed by atoms with Gasteiger partial charge in [0.15, 0.2) is 0 Å². The molecule has 0 aromatic carbocycles. The molecule has 0 amide bonds. The van der Waals surface area contributed by atoms with Gasteiger partial charge in [-0.3, -0.25) is 17.5 Å². The van der Waals surface area contributed by atoms with Gasteiger partial charge >= 0.3 is 0 Å². The van der Waals surface area contributed by atoms with Crippen LogP contribution in [-0.2, 0) is 17.3 Å². The third kappa shape index (κ3) is 10.9. The predicted molar refractivity (Wildman–Crippen MR) is 100 cm³/mol. The zero-order chi connectivity index (χ0) is 17.6. The van der Waals surface area contributed by atoms with Crippen LogP contribution in [0.3, 0.4) is 0 Å². The number of nitrogens with zero attached hydrogens (tertiary/aromatic N) is 1. The smallest absolute Gasteiger partial charge is 0.0880 e. The summed E-state index contributed by atoms with van der Waals surface area (Å²) >= 11 is 1.57. The third-order valence-corrected chi connectivity index (χ3v) is 6.17. The van der Waals surface area contributed by atoms with Crippen LogP contribution in [0.2, 0.25) is 0 Å². The lowest BCUT2D eigenvalue weighted by atomic mass is 10.4. The van der Waals surface area contributed by atoms with E-state index in [1.807, 2.05) is 0 Å². The van der Waals surface area contributed by atoms with Crippen LogP contribution in [0.15, 0.2) is 29.9 Å². The molecule has 0 saturated carbocycles. The second kappa shape index (κ2) is 14.0. The number of aliphatic hydroxyl groups is 1. The summed E-state index contributed by atoms with van der Waals surface area (Å²) in [6.45, 7) is 8.17. The highest BCUT2D eigenvalue weighted by atomic mass is 32.3.